The number of nitrogens with zero attached hydrogens (tertiary/aromatic N) is 2. The highest BCUT2D eigenvalue weighted by Crippen LogP contribution is 2.22. The molecule has 9 nitrogen and oxygen atoms in total. The molecule has 0 bridgehead atoms. The maximum Gasteiger partial charge on any atom is 0.246 e. The highest BCUT2D eigenvalue weighted by molar-refractivity contribution is 7.89. The number of amides is 2. The quantitative estimate of drug-likeness (QED) is 0.388. The number of nitrogens with one attached hydrogen (secondary N) is 3. The Hall–Kier alpha value is -3.50. The van der Waals surface area contributed by atoms with E-state index in [1.54, 1.807) is 48.8 Å². The fraction of sp³-hybridized carbons (Fsp3) is 0.292. The molecule has 0 spiro atoms. The first-order valence-corrected chi connectivity index (χ1v) is 12.6. The van der Waals surface area contributed by atoms with Crippen molar-refractivity contribution in [2.75, 3.05) is 5.32 Å². The van der Waals surface area contributed by atoms with Crippen LogP contribution in [0.3, 0.4) is 0 Å². The van der Waals surface area contributed by atoms with Gasteiger partial charge < -0.3 is 10.6 Å². The lowest BCUT2D eigenvalue weighted by atomic mass is 10.1. The van der Waals surface area contributed by atoms with Crippen LogP contribution >= 0.6 is 0 Å². The second-order valence-corrected chi connectivity index (χ2v) is 9.98. The first kappa shape index (κ1) is 23.7. The summed E-state index contributed by atoms with van der Waals surface area (Å²) in [6.45, 7) is 0.462. The predicted molar refractivity (Wildman–Crippen MR) is 127 cm³/mol. The van der Waals surface area contributed by atoms with E-state index < -0.39 is 10.0 Å². The van der Waals surface area contributed by atoms with Crippen molar-refractivity contribution >= 4 is 27.5 Å². The molecule has 0 aliphatic heterocycles. The van der Waals surface area contributed by atoms with Crippen LogP contribution < -0.4 is 15.4 Å². The van der Waals surface area contributed by atoms with E-state index in [2.05, 4.69) is 20.5 Å². The zero-order chi connectivity index (χ0) is 24.0. The number of anilines is 1. The van der Waals surface area contributed by atoms with Crippen molar-refractivity contribution in [3.63, 3.8) is 0 Å². The average Bonchev–Trinajstić information content (AvgIpc) is 3.47. The number of carbonyl (C=O) groups is 2. The number of aryl methyl sites for hydroxylation is 1. The molecule has 34 heavy (non-hydrogen) atoms. The lowest BCUT2D eigenvalue weighted by Gasteiger charge is -2.09. The Morgan fingerprint density at radius 2 is 1.79 bits per heavy atom. The van der Waals surface area contributed by atoms with Gasteiger partial charge in [0.2, 0.25) is 21.8 Å². The molecule has 1 aliphatic carbocycles. The minimum Gasteiger partial charge on any atom is -0.352 e. The summed E-state index contributed by atoms with van der Waals surface area (Å²) in [7, 11) is -3.47. The summed E-state index contributed by atoms with van der Waals surface area (Å²) in [6.07, 6.45) is 5.89. The van der Waals surface area contributed by atoms with Gasteiger partial charge in [-0.2, -0.15) is 5.10 Å². The fourth-order valence-corrected chi connectivity index (χ4v) is 4.68. The van der Waals surface area contributed by atoms with Gasteiger partial charge in [0.15, 0.2) is 0 Å². The van der Waals surface area contributed by atoms with Crippen LogP contribution in [-0.2, 0) is 39.1 Å². The van der Waals surface area contributed by atoms with Crippen LogP contribution in [0.4, 0.5) is 5.69 Å². The maximum absolute atomic E-state index is 12.3. The van der Waals surface area contributed by atoms with Crippen molar-refractivity contribution in [2.24, 2.45) is 0 Å². The van der Waals surface area contributed by atoms with E-state index in [1.165, 1.54) is 4.68 Å². The first-order valence-electron chi connectivity index (χ1n) is 11.1. The average molecular weight is 482 g/mol. The summed E-state index contributed by atoms with van der Waals surface area (Å²) in [5.41, 5.74) is 2.40. The van der Waals surface area contributed by atoms with Crippen LogP contribution in [-0.4, -0.2) is 36.1 Å². The molecule has 1 fully saturated rings. The molecule has 1 aromatic heterocycles. The Morgan fingerprint density at radius 3 is 2.50 bits per heavy atom. The molecule has 3 aromatic rings. The van der Waals surface area contributed by atoms with E-state index in [1.807, 2.05) is 18.2 Å². The van der Waals surface area contributed by atoms with Gasteiger partial charge in [-0.15, -0.1) is 0 Å². The van der Waals surface area contributed by atoms with Gasteiger partial charge in [-0.1, -0.05) is 24.3 Å². The third-order valence-electron chi connectivity index (χ3n) is 5.34. The molecule has 178 valence electrons. The van der Waals surface area contributed by atoms with E-state index in [9.17, 15) is 18.0 Å². The number of benzene rings is 2. The van der Waals surface area contributed by atoms with Crippen molar-refractivity contribution < 1.29 is 18.0 Å². The van der Waals surface area contributed by atoms with Gasteiger partial charge >= 0.3 is 0 Å². The molecule has 0 radical (unpaired) electrons. The number of aromatic nitrogens is 2. The van der Waals surface area contributed by atoms with Crippen LogP contribution in [0.5, 0.6) is 0 Å². The first-order chi connectivity index (χ1) is 16.4. The van der Waals surface area contributed by atoms with Gasteiger partial charge in [0.05, 0.1) is 4.90 Å². The third-order valence-corrected chi connectivity index (χ3v) is 6.88. The van der Waals surface area contributed by atoms with Crippen LogP contribution in [0.2, 0.25) is 0 Å². The van der Waals surface area contributed by atoms with Crippen LogP contribution in [0.1, 0.15) is 30.4 Å². The van der Waals surface area contributed by atoms with Gasteiger partial charge in [-0.3, -0.25) is 14.3 Å². The van der Waals surface area contributed by atoms with Crippen molar-refractivity contribution in [3.05, 3.63) is 78.1 Å². The summed E-state index contributed by atoms with van der Waals surface area (Å²) in [5.74, 6) is -0.299. The van der Waals surface area contributed by atoms with Gasteiger partial charge in [0.25, 0.3) is 0 Å². The highest BCUT2D eigenvalue weighted by Gasteiger charge is 2.27. The summed E-state index contributed by atoms with van der Waals surface area (Å²) < 4.78 is 28.7. The minimum atomic E-state index is -3.47. The van der Waals surface area contributed by atoms with E-state index >= 15 is 0 Å². The Bertz CT molecular complexity index is 1240. The van der Waals surface area contributed by atoms with Gasteiger partial charge in [-0.25, -0.2) is 13.1 Å². The molecule has 2 aromatic carbocycles. The van der Waals surface area contributed by atoms with Crippen LogP contribution in [0, 0.1) is 0 Å². The largest absolute Gasteiger partial charge is 0.352 e. The van der Waals surface area contributed by atoms with E-state index in [0.29, 0.717) is 18.7 Å². The summed E-state index contributed by atoms with van der Waals surface area (Å²) in [6, 6.07) is 15.7. The molecule has 0 saturated heterocycles. The molecular weight excluding hydrogens is 454 g/mol. The SMILES string of the molecule is O=C(CCc1ccc(S(=O)(=O)NC2CC2)cc1)NCc1cccc(NC(=O)Cn2cccn2)c1. The number of rotatable bonds is 11. The zero-order valence-electron chi connectivity index (χ0n) is 18.6. The van der Waals surface area contributed by atoms with Gasteiger partial charge in [0.1, 0.15) is 6.54 Å². The summed E-state index contributed by atoms with van der Waals surface area (Å²) >= 11 is 0. The smallest absolute Gasteiger partial charge is 0.246 e. The number of carbonyl (C=O) groups excluding carboxylic acids is 2. The predicted octanol–water partition coefficient (Wildman–Crippen LogP) is 2.21. The van der Waals surface area contributed by atoms with E-state index in [-0.39, 0.29) is 35.7 Å². The lowest BCUT2D eigenvalue weighted by Crippen LogP contribution is -2.25. The van der Waals surface area contributed by atoms with Gasteiger partial charge in [-0.05, 0) is 60.7 Å². The Morgan fingerprint density at radius 1 is 1.00 bits per heavy atom. The zero-order valence-corrected chi connectivity index (χ0v) is 19.4. The Balaban J connectivity index is 1.21. The molecular formula is C24H27N5O4S. The molecule has 2 amide bonds. The summed E-state index contributed by atoms with van der Waals surface area (Å²) in [4.78, 5) is 24.7. The third kappa shape index (κ3) is 7.00. The monoisotopic (exact) mass is 481 g/mol. The topological polar surface area (TPSA) is 122 Å². The molecule has 10 heteroatoms. The van der Waals surface area contributed by atoms with E-state index in [4.69, 9.17) is 0 Å². The number of hydrogen-bond acceptors (Lipinski definition) is 5. The number of hydrogen-bond donors (Lipinski definition) is 3. The molecule has 1 heterocycles. The normalized spacial score (nSPS) is 13.4. The van der Waals surface area contributed by atoms with Crippen molar-refractivity contribution in [1.82, 2.24) is 19.8 Å². The second-order valence-electron chi connectivity index (χ2n) is 8.27. The Labute approximate surface area is 198 Å². The molecule has 3 N–H and O–H groups in total. The highest BCUT2D eigenvalue weighted by atomic mass is 32.2. The van der Waals surface area contributed by atoms with Crippen LogP contribution in [0.25, 0.3) is 0 Å². The molecule has 0 atom stereocenters. The number of sulfonamides is 1. The second kappa shape index (κ2) is 10.6. The maximum atomic E-state index is 12.3. The van der Waals surface area contributed by atoms with Crippen molar-refractivity contribution in [1.29, 1.82) is 0 Å². The summed E-state index contributed by atoms with van der Waals surface area (Å²) in [5, 5.41) is 9.71. The fourth-order valence-electron chi connectivity index (χ4n) is 3.37. The van der Waals surface area contributed by atoms with Gasteiger partial charge in [0, 0.05) is 37.1 Å². The molecule has 0 unspecified atom stereocenters. The Kier molecular flexibility index (Phi) is 7.39. The van der Waals surface area contributed by atoms with Crippen LogP contribution in [0.15, 0.2) is 71.9 Å². The molecule has 1 aliphatic rings. The molecule has 1 saturated carbocycles. The van der Waals surface area contributed by atoms with Crippen molar-refractivity contribution in [3.8, 4) is 0 Å². The minimum absolute atomic E-state index is 0.0624. The van der Waals surface area contributed by atoms with E-state index in [0.717, 1.165) is 24.0 Å². The molecule has 4 rings (SSSR count). The standard InChI is InChI=1S/C24H27N5O4S/c30-23(12-7-18-5-10-22(11-6-18)34(32,33)28-20-8-9-20)25-16-19-3-1-4-21(15-19)27-24(31)17-29-14-2-13-26-29/h1-6,10-11,13-15,20,28H,7-9,12,16-17H2,(H,25,30)(H,27,31). The van der Waals surface area contributed by atoms with Crippen molar-refractivity contribution in [2.45, 2.75) is 49.7 Å². The lowest BCUT2D eigenvalue weighted by molar-refractivity contribution is -0.121.